The van der Waals surface area contributed by atoms with E-state index in [0.29, 0.717) is 18.1 Å². The van der Waals surface area contributed by atoms with E-state index in [9.17, 15) is 0 Å². The van der Waals surface area contributed by atoms with Gasteiger partial charge in [-0.1, -0.05) is 11.6 Å². The highest BCUT2D eigenvalue weighted by atomic mass is 35.5. The van der Waals surface area contributed by atoms with E-state index in [1.54, 1.807) is 12.4 Å². The number of aryl methyl sites for hydroxylation is 1. The molecule has 0 aliphatic carbocycles. The van der Waals surface area contributed by atoms with E-state index in [4.69, 9.17) is 17.3 Å². The topological polar surface area (TPSA) is 56.7 Å². The Morgan fingerprint density at radius 2 is 2.18 bits per heavy atom. The van der Waals surface area contributed by atoms with Gasteiger partial charge in [0.25, 0.3) is 0 Å². The monoisotopic (exact) mass is 250 g/mol. The highest BCUT2D eigenvalue weighted by Gasteiger charge is 2.11. The lowest BCUT2D eigenvalue weighted by Gasteiger charge is -2.06. The van der Waals surface area contributed by atoms with Gasteiger partial charge in [0.05, 0.1) is 17.3 Å². The van der Waals surface area contributed by atoms with Gasteiger partial charge in [0, 0.05) is 30.2 Å². The molecule has 5 heteroatoms. The van der Waals surface area contributed by atoms with Crippen molar-refractivity contribution in [2.24, 2.45) is 5.73 Å². The summed E-state index contributed by atoms with van der Waals surface area (Å²) in [4.78, 5) is 3.97. The average Bonchev–Trinajstić information content (AvgIpc) is 2.57. The molecular weight excluding hydrogens is 236 g/mol. The minimum absolute atomic E-state index is 0.516. The summed E-state index contributed by atoms with van der Waals surface area (Å²) in [7, 11) is 0. The lowest BCUT2D eigenvalue weighted by molar-refractivity contribution is 0.657. The maximum Gasteiger partial charge on any atom is 0.0678 e. The van der Waals surface area contributed by atoms with Gasteiger partial charge in [0.2, 0.25) is 0 Å². The number of hydrogen-bond acceptors (Lipinski definition) is 3. The van der Waals surface area contributed by atoms with Crippen LogP contribution in [0.25, 0.3) is 0 Å². The Balaban J connectivity index is 2.34. The van der Waals surface area contributed by atoms with Crippen molar-refractivity contribution in [2.75, 3.05) is 0 Å². The second-order valence-electron chi connectivity index (χ2n) is 3.98. The number of nitrogens with zero attached hydrogens (tertiary/aromatic N) is 3. The van der Waals surface area contributed by atoms with Crippen molar-refractivity contribution >= 4 is 11.6 Å². The first-order chi connectivity index (χ1) is 8.13. The Bertz CT molecular complexity index is 533. The number of rotatable bonds is 3. The van der Waals surface area contributed by atoms with Gasteiger partial charge in [-0.2, -0.15) is 5.10 Å². The predicted molar refractivity (Wildman–Crippen MR) is 67.9 cm³/mol. The SMILES string of the molecule is Cc1nn(Cc2ccncc2Cl)c(C)c1CN. The zero-order valence-corrected chi connectivity index (χ0v) is 10.7. The van der Waals surface area contributed by atoms with Gasteiger partial charge >= 0.3 is 0 Å². The summed E-state index contributed by atoms with van der Waals surface area (Å²) in [5.74, 6) is 0. The second kappa shape index (κ2) is 4.85. The van der Waals surface area contributed by atoms with Crippen LogP contribution in [-0.4, -0.2) is 14.8 Å². The van der Waals surface area contributed by atoms with E-state index in [2.05, 4.69) is 10.1 Å². The number of nitrogens with two attached hydrogens (primary N) is 1. The van der Waals surface area contributed by atoms with Gasteiger partial charge in [-0.15, -0.1) is 0 Å². The van der Waals surface area contributed by atoms with Crippen molar-refractivity contribution in [3.8, 4) is 0 Å². The lowest BCUT2D eigenvalue weighted by atomic mass is 10.2. The molecule has 0 saturated heterocycles. The molecular formula is C12H15ClN4. The van der Waals surface area contributed by atoms with Crippen LogP contribution in [0.2, 0.25) is 5.02 Å². The summed E-state index contributed by atoms with van der Waals surface area (Å²) in [5.41, 5.74) is 9.89. The summed E-state index contributed by atoms with van der Waals surface area (Å²) in [6.07, 6.45) is 3.38. The van der Waals surface area contributed by atoms with E-state index in [-0.39, 0.29) is 0 Å². The zero-order valence-electron chi connectivity index (χ0n) is 9.94. The average molecular weight is 251 g/mol. The number of hydrogen-bond donors (Lipinski definition) is 1. The zero-order chi connectivity index (χ0) is 12.4. The van der Waals surface area contributed by atoms with E-state index >= 15 is 0 Å². The standard InChI is InChI=1S/C12H15ClN4/c1-8-11(5-14)9(2)17(16-8)7-10-3-4-15-6-12(10)13/h3-4,6H,5,7,14H2,1-2H3. The summed E-state index contributed by atoms with van der Waals surface area (Å²) < 4.78 is 1.93. The molecule has 90 valence electrons. The molecule has 4 nitrogen and oxygen atoms in total. The third-order valence-electron chi connectivity index (χ3n) is 2.91. The molecule has 2 aromatic rings. The Labute approximate surface area is 105 Å². The van der Waals surface area contributed by atoms with Crippen LogP contribution in [0, 0.1) is 13.8 Å². The summed E-state index contributed by atoms with van der Waals surface area (Å²) in [6.45, 7) is 5.16. The first-order valence-electron chi connectivity index (χ1n) is 5.44. The Kier molecular flexibility index (Phi) is 3.45. The lowest BCUT2D eigenvalue weighted by Crippen LogP contribution is -2.06. The van der Waals surface area contributed by atoms with Gasteiger partial charge < -0.3 is 5.73 Å². The maximum absolute atomic E-state index is 6.08. The van der Waals surface area contributed by atoms with Crippen LogP contribution in [0.5, 0.6) is 0 Å². The van der Waals surface area contributed by atoms with Crippen LogP contribution >= 0.6 is 11.6 Å². The molecule has 0 aliphatic rings. The molecule has 2 aromatic heterocycles. The minimum atomic E-state index is 0.516. The molecule has 0 bridgehead atoms. The summed E-state index contributed by atoms with van der Waals surface area (Å²) in [5, 5.41) is 5.14. The van der Waals surface area contributed by atoms with Crippen molar-refractivity contribution in [2.45, 2.75) is 26.9 Å². The molecule has 0 radical (unpaired) electrons. The molecule has 0 atom stereocenters. The predicted octanol–water partition coefficient (Wildman–Crippen LogP) is 2.06. The van der Waals surface area contributed by atoms with Gasteiger partial charge in [0.15, 0.2) is 0 Å². The molecule has 0 fully saturated rings. The van der Waals surface area contributed by atoms with Crippen molar-refractivity contribution < 1.29 is 0 Å². The third-order valence-corrected chi connectivity index (χ3v) is 3.25. The molecule has 0 unspecified atom stereocenters. The van der Waals surface area contributed by atoms with Gasteiger partial charge in [0.1, 0.15) is 0 Å². The highest BCUT2D eigenvalue weighted by molar-refractivity contribution is 6.31. The van der Waals surface area contributed by atoms with Crippen LogP contribution in [0.1, 0.15) is 22.5 Å². The van der Waals surface area contributed by atoms with Crippen LogP contribution < -0.4 is 5.73 Å². The van der Waals surface area contributed by atoms with Crippen molar-refractivity contribution in [1.29, 1.82) is 0 Å². The molecule has 2 heterocycles. The fraction of sp³-hybridized carbons (Fsp3) is 0.333. The number of aromatic nitrogens is 3. The minimum Gasteiger partial charge on any atom is -0.326 e. The molecule has 0 aromatic carbocycles. The van der Waals surface area contributed by atoms with Crippen molar-refractivity contribution in [3.05, 3.63) is 46.0 Å². The first kappa shape index (κ1) is 12.1. The van der Waals surface area contributed by atoms with Crippen LogP contribution in [0.3, 0.4) is 0 Å². The van der Waals surface area contributed by atoms with Gasteiger partial charge in [-0.25, -0.2) is 0 Å². The molecule has 0 amide bonds. The summed E-state index contributed by atoms with van der Waals surface area (Å²) >= 11 is 6.08. The van der Waals surface area contributed by atoms with Crippen LogP contribution in [-0.2, 0) is 13.1 Å². The number of halogens is 1. The second-order valence-corrected chi connectivity index (χ2v) is 4.39. The largest absolute Gasteiger partial charge is 0.326 e. The van der Waals surface area contributed by atoms with Crippen LogP contribution in [0.15, 0.2) is 18.5 Å². The normalized spacial score (nSPS) is 10.8. The Hall–Kier alpha value is -1.39. The highest BCUT2D eigenvalue weighted by Crippen LogP contribution is 2.18. The molecule has 17 heavy (non-hydrogen) atoms. The Morgan fingerprint density at radius 1 is 1.41 bits per heavy atom. The summed E-state index contributed by atoms with van der Waals surface area (Å²) in [6, 6.07) is 1.90. The van der Waals surface area contributed by atoms with Gasteiger partial charge in [-0.3, -0.25) is 9.67 Å². The van der Waals surface area contributed by atoms with E-state index in [1.807, 2.05) is 24.6 Å². The quantitative estimate of drug-likeness (QED) is 0.907. The van der Waals surface area contributed by atoms with Crippen molar-refractivity contribution in [3.63, 3.8) is 0 Å². The molecule has 0 saturated carbocycles. The Morgan fingerprint density at radius 3 is 2.76 bits per heavy atom. The van der Waals surface area contributed by atoms with Crippen LogP contribution in [0.4, 0.5) is 0 Å². The van der Waals surface area contributed by atoms with Gasteiger partial charge in [-0.05, 0) is 25.5 Å². The molecule has 0 aliphatic heterocycles. The number of pyridine rings is 1. The maximum atomic E-state index is 6.08. The third kappa shape index (κ3) is 2.33. The smallest absolute Gasteiger partial charge is 0.0678 e. The van der Waals surface area contributed by atoms with E-state index in [1.165, 1.54) is 0 Å². The first-order valence-corrected chi connectivity index (χ1v) is 5.82. The van der Waals surface area contributed by atoms with E-state index in [0.717, 1.165) is 22.5 Å². The molecule has 2 rings (SSSR count). The van der Waals surface area contributed by atoms with E-state index < -0.39 is 0 Å². The molecule has 0 spiro atoms. The van der Waals surface area contributed by atoms with Crippen molar-refractivity contribution in [1.82, 2.24) is 14.8 Å². The fourth-order valence-corrected chi connectivity index (χ4v) is 2.06. The molecule has 2 N–H and O–H groups in total. The fourth-order valence-electron chi connectivity index (χ4n) is 1.88.